The zero-order valence-electron chi connectivity index (χ0n) is 27.8. The van der Waals surface area contributed by atoms with Gasteiger partial charge in [-0.15, -0.1) is 0 Å². The fourth-order valence-electron chi connectivity index (χ4n) is 7.64. The molecule has 3 nitrogen and oxygen atoms in total. The Labute approximate surface area is 295 Å². The third-order valence-electron chi connectivity index (χ3n) is 9.98. The molecule has 10 rings (SSSR count). The van der Waals surface area contributed by atoms with Crippen LogP contribution in [-0.4, -0.2) is 4.57 Å². The highest BCUT2D eigenvalue weighted by molar-refractivity contribution is 6.16. The Balaban J connectivity index is 1.23. The molecular weight excluding hydrogens is 621 g/mol. The van der Waals surface area contributed by atoms with Crippen LogP contribution < -0.4 is 4.90 Å². The minimum Gasteiger partial charge on any atom is -0.456 e. The van der Waals surface area contributed by atoms with E-state index in [1.54, 1.807) is 0 Å². The zero-order valence-corrected chi connectivity index (χ0v) is 27.8. The Kier molecular flexibility index (Phi) is 6.81. The fourth-order valence-corrected chi connectivity index (χ4v) is 7.64. The number of anilines is 3. The van der Waals surface area contributed by atoms with Crippen LogP contribution >= 0.6 is 0 Å². The molecule has 51 heavy (non-hydrogen) atoms. The van der Waals surface area contributed by atoms with E-state index in [9.17, 15) is 0 Å². The van der Waals surface area contributed by atoms with Gasteiger partial charge in [0.15, 0.2) is 0 Å². The van der Waals surface area contributed by atoms with E-state index in [1.807, 2.05) is 12.1 Å². The molecule has 2 aromatic heterocycles. The summed E-state index contributed by atoms with van der Waals surface area (Å²) in [6.45, 7) is 0. The lowest BCUT2D eigenvalue weighted by Crippen LogP contribution is -2.10. The van der Waals surface area contributed by atoms with Gasteiger partial charge in [-0.3, -0.25) is 0 Å². The quantitative estimate of drug-likeness (QED) is 0.178. The van der Waals surface area contributed by atoms with Crippen molar-refractivity contribution in [1.82, 2.24) is 4.57 Å². The predicted molar refractivity (Wildman–Crippen MR) is 214 cm³/mol. The number of furan rings is 1. The van der Waals surface area contributed by atoms with E-state index in [4.69, 9.17) is 4.42 Å². The highest BCUT2D eigenvalue weighted by Gasteiger charge is 2.20. The molecule has 0 fully saturated rings. The maximum absolute atomic E-state index is 6.25. The van der Waals surface area contributed by atoms with Gasteiger partial charge < -0.3 is 13.9 Å². The molecule has 240 valence electrons. The average molecular weight is 653 g/mol. The number of rotatable bonds is 6. The second kappa shape index (κ2) is 11.9. The van der Waals surface area contributed by atoms with Gasteiger partial charge in [-0.05, 0) is 89.0 Å². The average Bonchev–Trinajstić information content (AvgIpc) is 3.74. The highest BCUT2D eigenvalue weighted by atomic mass is 16.3. The van der Waals surface area contributed by atoms with Gasteiger partial charge in [0.1, 0.15) is 11.2 Å². The summed E-state index contributed by atoms with van der Waals surface area (Å²) in [6.07, 6.45) is 0. The molecule has 0 N–H and O–H groups in total. The highest BCUT2D eigenvalue weighted by Crippen LogP contribution is 2.44. The predicted octanol–water partition coefficient (Wildman–Crippen LogP) is 13.5. The van der Waals surface area contributed by atoms with Crippen molar-refractivity contribution in [2.75, 3.05) is 4.90 Å². The van der Waals surface area contributed by atoms with Gasteiger partial charge in [0.05, 0.1) is 11.0 Å². The van der Waals surface area contributed by atoms with Crippen molar-refractivity contribution in [2.45, 2.75) is 0 Å². The number of aromatic nitrogens is 1. The Morgan fingerprint density at radius 2 is 0.980 bits per heavy atom. The molecule has 2 heterocycles. The summed E-state index contributed by atoms with van der Waals surface area (Å²) >= 11 is 0. The Morgan fingerprint density at radius 3 is 1.76 bits per heavy atom. The fraction of sp³-hybridized carbons (Fsp3) is 0. The van der Waals surface area contributed by atoms with E-state index in [2.05, 4.69) is 191 Å². The van der Waals surface area contributed by atoms with E-state index in [-0.39, 0.29) is 0 Å². The van der Waals surface area contributed by atoms with Gasteiger partial charge in [-0.1, -0.05) is 127 Å². The van der Waals surface area contributed by atoms with E-state index in [0.29, 0.717) is 0 Å². The van der Waals surface area contributed by atoms with Crippen LogP contribution in [0.15, 0.2) is 199 Å². The molecule has 0 atom stereocenters. The molecule has 3 heteroatoms. The van der Waals surface area contributed by atoms with E-state index in [0.717, 1.165) is 50.2 Å². The first-order valence-electron chi connectivity index (χ1n) is 17.4. The lowest BCUT2D eigenvalue weighted by atomic mass is 9.99. The standard InChI is InChI=1S/C48H32N2O/c1-4-13-33(14-5-1)34-23-25-37(26-24-34)49(38-28-30-47-43(31-38)41-19-10-11-22-46(41)51-47)39-27-29-42-45(32-39)50(36-17-8-3-9-18-36)44-21-12-20-40(48(42)44)35-15-6-2-7-16-35/h1-32H. The molecule has 0 radical (unpaired) electrons. The Morgan fingerprint density at radius 1 is 0.373 bits per heavy atom. The molecule has 0 aliphatic carbocycles. The lowest BCUT2D eigenvalue weighted by molar-refractivity contribution is 0.669. The summed E-state index contributed by atoms with van der Waals surface area (Å²) in [6, 6.07) is 69.2. The SMILES string of the molecule is c1ccc(-c2ccc(N(c3ccc4oc5ccccc5c4c3)c3ccc4c5c(-c6ccccc6)cccc5n(-c5ccccc5)c4c3)cc2)cc1. The minimum atomic E-state index is 0.882. The number of hydrogen-bond donors (Lipinski definition) is 0. The number of benzene rings is 8. The summed E-state index contributed by atoms with van der Waals surface area (Å²) in [5.74, 6) is 0. The lowest BCUT2D eigenvalue weighted by Gasteiger charge is -2.26. The second-order valence-corrected chi connectivity index (χ2v) is 13.0. The van der Waals surface area contributed by atoms with Gasteiger partial charge in [0.25, 0.3) is 0 Å². The van der Waals surface area contributed by atoms with Crippen molar-refractivity contribution >= 4 is 60.8 Å². The zero-order chi connectivity index (χ0) is 33.7. The van der Waals surface area contributed by atoms with Crippen LogP contribution in [0.1, 0.15) is 0 Å². The maximum atomic E-state index is 6.25. The normalized spacial score (nSPS) is 11.5. The number of nitrogens with zero attached hydrogens (tertiary/aromatic N) is 2. The Hall–Kier alpha value is -6.84. The van der Waals surface area contributed by atoms with E-state index in [1.165, 1.54) is 38.5 Å². The van der Waals surface area contributed by atoms with E-state index >= 15 is 0 Å². The van der Waals surface area contributed by atoms with Gasteiger partial charge in [0.2, 0.25) is 0 Å². The summed E-state index contributed by atoms with van der Waals surface area (Å²) in [4.78, 5) is 2.36. The van der Waals surface area contributed by atoms with Crippen molar-refractivity contribution in [3.05, 3.63) is 194 Å². The maximum Gasteiger partial charge on any atom is 0.135 e. The van der Waals surface area contributed by atoms with Gasteiger partial charge >= 0.3 is 0 Å². The van der Waals surface area contributed by atoms with Crippen molar-refractivity contribution < 1.29 is 4.42 Å². The molecular formula is C48H32N2O. The number of hydrogen-bond acceptors (Lipinski definition) is 2. The Bertz CT molecular complexity index is 2830. The number of fused-ring (bicyclic) bond motifs is 6. The minimum absolute atomic E-state index is 0.882. The van der Waals surface area contributed by atoms with Crippen molar-refractivity contribution in [2.24, 2.45) is 0 Å². The summed E-state index contributed by atoms with van der Waals surface area (Å²) in [7, 11) is 0. The van der Waals surface area contributed by atoms with Crippen LogP contribution in [0.3, 0.4) is 0 Å². The molecule has 8 aromatic carbocycles. The topological polar surface area (TPSA) is 21.3 Å². The van der Waals surface area contributed by atoms with Crippen molar-refractivity contribution in [3.8, 4) is 27.9 Å². The van der Waals surface area contributed by atoms with Gasteiger partial charge in [-0.25, -0.2) is 0 Å². The summed E-state index contributed by atoms with van der Waals surface area (Å²) < 4.78 is 8.65. The molecule has 0 saturated carbocycles. The van der Waals surface area contributed by atoms with Crippen LogP contribution in [0, 0.1) is 0 Å². The first-order valence-corrected chi connectivity index (χ1v) is 17.4. The third-order valence-corrected chi connectivity index (χ3v) is 9.98. The summed E-state index contributed by atoms with van der Waals surface area (Å²) in [5, 5.41) is 4.68. The largest absolute Gasteiger partial charge is 0.456 e. The molecule has 0 aliphatic heterocycles. The first-order chi connectivity index (χ1) is 25.3. The molecule has 0 aliphatic rings. The molecule has 0 saturated heterocycles. The van der Waals surface area contributed by atoms with Crippen LogP contribution in [-0.2, 0) is 0 Å². The molecule has 0 bridgehead atoms. The second-order valence-electron chi connectivity index (χ2n) is 13.0. The molecule has 10 aromatic rings. The van der Waals surface area contributed by atoms with Crippen LogP contribution in [0.4, 0.5) is 17.1 Å². The third kappa shape index (κ3) is 4.90. The van der Waals surface area contributed by atoms with E-state index < -0.39 is 0 Å². The molecule has 0 amide bonds. The smallest absolute Gasteiger partial charge is 0.135 e. The first kappa shape index (κ1) is 29.1. The van der Waals surface area contributed by atoms with Gasteiger partial charge in [-0.2, -0.15) is 0 Å². The summed E-state index contributed by atoms with van der Waals surface area (Å²) in [5.41, 5.74) is 13.3. The van der Waals surface area contributed by atoms with Crippen molar-refractivity contribution in [3.63, 3.8) is 0 Å². The van der Waals surface area contributed by atoms with Crippen LogP contribution in [0.5, 0.6) is 0 Å². The van der Waals surface area contributed by atoms with Gasteiger partial charge in [0, 0.05) is 44.3 Å². The number of para-hydroxylation sites is 2. The van der Waals surface area contributed by atoms with Crippen LogP contribution in [0.25, 0.3) is 71.7 Å². The van der Waals surface area contributed by atoms with Crippen LogP contribution in [0.2, 0.25) is 0 Å². The molecule has 0 spiro atoms. The molecule has 0 unspecified atom stereocenters. The monoisotopic (exact) mass is 652 g/mol. The van der Waals surface area contributed by atoms with Crippen molar-refractivity contribution in [1.29, 1.82) is 0 Å².